The molecule has 0 aliphatic rings. The molecule has 1 rings (SSSR count). The van der Waals surface area contributed by atoms with Crippen LogP contribution < -0.4 is 4.43 Å². The summed E-state index contributed by atoms with van der Waals surface area (Å²) >= 11 is 0. The highest BCUT2D eigenvalue weighted by Crippen LogP contribution is 2.33. The topological polar surface area (TPSA) is 46.5 Å². The fourth-order valence-electron chi connectivity index (χ4n) is 1.43. The Morgan fingerprint density at radius 1 is 1.21 bits per heavy atom. The van der Waals surface area contributed by atoms with Gasteiger partial charge in [0.2, 0.25) is 9.76 Å². The van der Waals surface area contributed by atoms with E-state index in [9.17, 15) is 4.79 Å². The maximum absolute atomic E-state index is 10.9. The van der Waals surface area contributed by atoms with Crippen LogP contribution in [0.4, 0.5) is 0 Å². The Labute approximate surface area is 117 Å². The number of carboxylic acids is 1. The van der Waals surface area contributed by atoms with Crippen LogP contribution >= 0.6 is 0 Å². The van der Waals surface area contributed by atoms with Crippen molar-refractivity contribution in [2.24, 2.45) is 5.92 Å². The SMILES string of the molecule is CC(C(=O)O)c1ccc(O[SiH2]C(C)(C)C(C)C)cc1. The number of carbonyl (C=O) groups is 1. The Kier molecular flexibility index (Phi) is 5.17. The Morgan fingerprint density at radius 2 is 1.74 bits per heavy atom. The smallest absolute Gasteiger partial charge is 0.310 e. The molecule has 0 saturated heterocycles. The molecule has 1 N–H and O–H groups in total. The summed E-state index contributed by atoms with van der Waals surface area (Å²) < 4.78 is 5.92. The van der Waals surface area contributed by atoms with Crippen molar-refractivity contribution in [1.82, 2.24) is 0 Å². The van der Waals surface area contributed by atoms with Crippen molar-refractivity contribution in [2.45, 2.75) is 45.6 Å². The second-order valence-corrected chi connectivity index (χ2v) is 8.46. The molecule has 3 nitrogen and oxygen atoms in total. The predicted octanol–water partition coefficient (Wildman–Crippen LogP) is 3.19. The normalized spacial score (nSPS) is 14.0. The standard InChI is InChI=1S/C15H24O3Si/c1-10(2)15(4,5)19-18-13-8-6-12(7-9-13)11(3)14(16)17/h6-11H,19H2,1-5H3,(H,16,17). The Bertz CT molecular complexity index is 424. The van der Waals surface area contributed by atoms with Crippen molar-refractivity contribution in [1.29, 1.82) is 0 Å². The van der Waals surface area contributed by atoms with E-state index in [1.165, 1.54) is 0 Å². The third kappa shape index (κ3) is 4.38. The summed E-state index contributed by atoms with van der Waals surface area (Å²) in [5.74, 6) is 0.176. The van der Waals surface area contributed by atoms with Crippen molar-refractivity contribution < 1.29 is 14.3 Å². The van der Waals surface area contributed by atoms with Crippen LogP contribution in [0.5, 0.6) is 5.75 Å². The van der Waals surface area contributed by atoms with Gasteiger partial charge in [-0.3, -0.25) is 4.79 Å². The third-order valence-electron chi connectivity index (χ3n) is 3.92. The zero-order valence-corrected chi connectivity index (χ0v) is 13.8. The van der Waals surface area contributed by atoms with Gasteiger partial charge in [-0.15, -0.1) is 0 Å². The summed E-state index contributed by atoms with van der Waals surface area (Å²) in [6, 6.07) is 7.42. The minimum Gasteiger partial charge on any atom is -0.549 e. The fourth-order valence-corrected chi connectivity index (χ4v) is 2.50. The molecule has 0 fully saturated rings. The van der Waals surface area contributed by atoms with Gasteiger partial charge in [-0.25, -0.2) is 0 Å². The summed E-state index contributed by atoms with van der Waals surface area (Å²) in [7, 11) is -0.670. The second-order valence-electron chi connectivity index (χ2n) is 6.06. The number of hydrogen-bond acceptors (Lipinski definition) is 2. The summed E-state index contributed by atoms with van der Waals surface area (Å²) in [6.07, 6.45) is 0. The van der Waals surface area contributed by atoms with Crippen LogP contribution in [0.1, 0.15) is 46.1 Å². The van der Waals surface area contributed by atoms with E-state index in [2.05, 4.69) is 27.7 Å². The number of aliphatic carboxylic acids is 1. The van der Waals surface area contributed by atoms with Crippen LogP contribution in [0.25, 0.3) is 0 Å². The van der Waals surface area contributed by atoms with E-state index in [0.717, 1.165) is 11.3 Å². The molecule has 1 atom stereocenters. The lowest BCUT2D eigenvalue weighted by Crippen LogP contribution is -2.24. The summed E-state index contributed by atoms with van der Waals surface area (Å²) in [5, 5.41) is 9.21. The zero-order valence-electron chi connectivity index (χ0n) is 12.4. The van der Waals surface area contributed by atoms with Crippen LogP contribution in [0.3, 0.4) is 0 Å². The van der Waals surface area contributed by atoms with Crippen molar-refractivity contribution in [3.8, 4) is 5.75 Å². The van der Waals surface area contributed by atoms with Gasteiger partial charge in [-0.2, -0.15) is 0 Å². The fraction of sp³-hybridized carbons (Fsp3) is 0.533. The predicted molar refractivity (Wildman–Crippen MR) is 80.5 cm³/mol. The largest absolute Gasteiger partial charge is 0.549 e. The molecule has 0 saturated carbocycles. The van der Waals surface area contributed by atoms with Gasteiger partial charge in [0.1, 0.15) is 5.75 Å². The molecule has 0 aromatic heterocycles. The van der Waals surface area contributed by atoms with Gasteiger partial charge >= 0.3 is 5.97 Å². The molecule has 0 aliphatic heterocycles. The summed E-state index contributed by atoms with van der Waals surface area (Å²) in [5.41, 5.74) is 0.810. The highest BCUT2D eigenvalue weighted by atomic mass is 28.2. The van der Waals surface area contributed by atoms with E-state index >= 15 is 0 Å². The van der Waals surface area contributed by atoms with E-state index in [1.807, 2.05) is 24.3 Å². The van der Waals surface area contributed by atoms with Crippen molar-refractivity contribution >= 4 is 15.7 Å². The molecule has 0 amide bonds. The third-order valence-corrected chi connectivity index (χ3v) is 5.96. The highest BCUT2D eigenvalue weighted by molar-refractivity contribution is 6.33. The Morgan fingerprint density at radius 3 is 2.16 bits per heavy atom. The van der Waals surface area contributed by atoms with Gasteiger partial charge in [0.05, 0.1) is 5.92 Å². The minimum absolute atomic E-state index is 0.257. The number of benzene rings is 1. The summed E-state index contributed by atoms with van der Waals surface area (Å²) in [4.78, 5) is 10.9. The molecule has 0 aliphatic carbocycles. The van der Waals surface area contributed by atoms with E-state index in [1.54, 1.807) is 6.92 Å². The van der Waals surface area contributed by atoms with Crippen molar-refractivity contribution in [2.75, 3.05) is 0 Å². The minimum atomic E-state index is -0.802. The molecule has 19 heavy (non-hydrogen) atoms. The molecule has 0 heterocycles. The van der Waals surface area contributed by atoms with E-state index in [0.29, 0.717) is 5.92 Å². The summed E-state index contributed by atoms with van der Waals surface area (Å²) in [6.45, 7) is 10.6. The van der Waals surface area contributed by atoms with Gasteiger partial charge < -0.3 is 9.53 Å². The molecular weight excluding hydrogens is 256 g/mol. The lowest BCUT2D eigenvalue weighted by atomic mass is 9.99. The maximum atomic E-state index is 10.9. The van der Waals surface area contributed by atoms with Crippen molar-refractivity contribution in [3.05, 3.63) is 29.8 Å². The lowest BCUT2D eigenvalue weighted by Gasteiger charge is -2.28. The van der Waals surface area contributed by atoms with Gasteiger partial charge in [-0.05, 0) is 35.6 Å². The quantitative estimate of drug-likeness (QED) is 0.814. The Balaban J connectivity index is 2.65. The molecular formula is C15H24O3Si. The van der Waals surface area contributed by atoms with E-state index < -0.39 is 21.7 Å². The van der Waals surface area contributed by atoms with Crippen LogP contribution in [-0.4, -0.2) is 20.8 Å². The Hall–Kier alpha value is -1.29. The zero-order chi connectivity index (χ0) is 14.6. The molecule has 0 bridgehead atoms. The first-order chi connectivity index (χ1) is 8.74. The monoisotopic (exact) mass is 280 g/mol. The van der Waals surface area contributed by atoms with Crippen LogP contribution in [0, 0.1) is 5.92 Å². The molecule has 0 spiro atoms. The molecule has 106 valence electrons. The lowest BCUT2D eigenvalue weighted by molar-refractivity contribution is -0.138. The number of hydrogen-bond donors (Lipinski definition) is 1. The highest BCUT2D eigenvalue weighted by Gasteiger charge is 2.24. The molecule has 4 heteroatoms. The maximum Gasteiger partial charge on any atom is 0.310 e. The van der Waals surface area contributed by atoms with Crippen LogP contribution in [0.15, 0.2) is 24.3 Å². The molecule has 1 aromatic rings. The molecule has 0 radical (unpaired) electrons. The number of rotatable bonds is 6. The van der Waals surface area contributed by atoms with E-state index in [-0.39, 0.29) is 5.04 Å². The van der Waals surface area contributed by atoms with Gasteiger partial charge in [0.25, 0.3) is 0 Å². The molecule has 1 aromatic carbocycles. The first-order valence-electron chi connectivity index (χ1n) is 6.69. The van der Waals surface area contributed by atoms with Crippen molar-refractivity contribution in [3.63, 3.8) is 0 Å². The van der Waals surface area contributed by atoms with Gasteiger partial charge in [0, 0.05) is 0 Å². The number of carboxylic acid groups (broad SMARTS) is 1. The van der Waals surface area contributed by atoms with Crippen LogP contribution in [-0.2, 0) is 4.79 Å². The van der Waals surface area contributed by atoms with E-state index in [4.69, 9.17) is 9.53 Å². The first kappa shape index (κ1) is 15.8. The average Bonchev–Trinajstić information content (AvgIpc) is 2.36. The average molecular weight is 280 g/mol. The molecule has 1 unspecified atom stereocenters. The van der Waals surface area contributed by atoms with Gasteiger partial charge in [-0.1, -0.05) is 39.8 Å². The second kappa shape index (κ2) is 6.24. The van der Waals surface area contributed by atoms with Crippen LogP contribution in [0.2, 0.25) is 5.04 Å². The first-order valence-corrected chi connectivity index (χ1v) is 7.98. The van der Waals surface area contributed by atoms with Gasteiger partial charge in [0.15, 0.2) is 0 Å².